The third kappa shape index (κ3) is 32.7. The van der Waals surface area contributed by atoms with Crippen LogP contribution >= 0.6 is 0 Å². The SMILES string of the molecule is CCCCCCCCCCCCCCCCCCC(CCCCCCCCCCCCCCCCCC)C(C)(C)C. The Morgan fingerprint density at radius 1 is 0.268 bits per heavy atom. The average molecular weight is 577 g/mol. The van der Waals surface area contributed by atoms with Crippen molar-refractivity contribution in [3.8, 4) is 0 Å². The van der Waals surface area contributed by atoms with E-state index in [1.165, 1.54) is 218 Å². The van der Waals surface area contributed by atoms with Crippen LogP contribution in [0.3, 0.4) is 0 Å². The molecule has 0 aliphatic heterocycles. The number of hydrogen-bond donors (Lipinski definition) is 0. The summed E-state index contributed by atoms with van der Waals surface area (Å²) in [6, 6.07) is 0. The van der Waals surface area contributed by atoms with Crippen LogP contribution in [0.1, 0.15) is 253 Å². The summed E-state index contributed by atoms with van der Waals surface area (Å²) in [7, 11) is 0. The second-order valence-electron chi connectivity index (χ2n) is 15.2. The van der Waals surface area contributed by atoms with Crippen LogP contribution in [-0.2, 0) is 0 Å². The van der Waals surface area contributed by atoms with E-state index in [2.05, 4.69) is 34.6 Å². The number of hydrogen-bond acceptors (Lipinski definition) is 0. The minimum absolute atomic E-state index is 0.491. The third-order valence-corrected chi connectivity index (χ3v) is 10.0. The van der Waals surface area contributed by atoms with Crippen LogP contribution in [0.25, 0.3) is 0 Å². The summed E-state index contributed by atoms with van der Waals surface area (Å²) in [4.78, 5) is 0. The molecule has 0 bridgehead atoms. The summed E-state index contributed by atoms with van der Waals surface area (Å²) >= 11 is 0. The van der Waals surface area contributed by atoms with E-state index in [-0.39, 0.29) is 0 Å². The van der Waals surface area contributed by atoms with E-state index in [0.717, 1.165) is 5.92 Å². The highest BCUT2D eigenvalue weighted by Crippen LogP contribution is 2.34. The highest BCUT2D eigenvalue weighted by atomic mass is 14.3. The van der Waals surface area contributed by atoms with Gasteiger partial charge in [0.05, 0.1) is 0 Å². The summed E-state index contributed by atoms with van der Waals surface area (Å²) in [5, 5.41) is 0. The Morgan fingerprint density at radius 2 is 0.439 bits per heavy atom. The molecule has 0 radical (unpaired) electrons. The topological polar surface area (TPSA) is 0 Å². The second kappa shape index (κ2) is 32.9. The molecule has 0 spiro atoms. The molecular formula is C41H84. The van der Waals surface area contributed by atoms with Crippen LogP contribution < -0.4 is 0 Å². The quantitative estimate of drug-likeness (QED) is 0.0668. The van der Waals surface area contributed by atoms with Crippen LogP contribution in [-0.4, -0.2) is 0 Å². The van der Waals surface area contributed by atoms with E-state index in [9.17, 15) is 0 Å². The summed E-state index contributed by atoms with van der Waals surface area (Å²) in [5.41, 5.74) is 0.491. The van der Waals surface area contributed by atoms with Crippen LogP contribution in [0.4, 0.5) is 0 Å². The molecule has 0 atom stereocenters. The Kier molecular flexibility index (Phi) is 32.9. The molecule has 0 aliphatic carbocycles. The predicted molar refractivity (Wildman–Crippen MR) is 191 cm³/mol. The number of rotatable bonds is 34. The van der Waals surface area contributed by atoms with Crippen molar-refractivity contribution < 1.29 is 0 Å². The Hall–Kier alpha value is 0. The van der Waals surface area contributed by atoms with Gasteiger partial charge in [-0.1, -0.05) is 240 Å². The van der Waals surface area contributed by atoms with Gasteiger partial charge in [-0.3, -0.25) is 0 Å². The molecule has 248 valence electrons. The lowest BCUT2D eigenvalue weighted by atomic mass is 9.75. The first-order chi connectivity index (χ1) is 20.0. The highest BCUT2D eigenvalue weighted by molar-refractivity contribution is 4.74. The van der Waals surface area contributed by atoms with Crippen molar-refractivity contribution in [2.45, 2.75) is 253 Å². The van der Waals surface area contributed by atoms with E-state index in [1.807, 2.05) is 0 Å². The maximum absolute atomic E-state index is 2.50. The first-order valence-electron chi connectivity index (χ1n) is 20.0. The predicted octanol–water partition coefficient (Wildman–Crippen LogP) is 16.0. The summed E-state index contributed by atoms with van der Waals surface area (Å²) in [6.45, 7) is 12.1. The molecule has 0 unspecified atom stereocenters. The maximum atomic E-state index is 2.50. The molecule has 0 aliphatic rings. The summed E-state index contributed by atoms with van der Waals surface area (Å²) in [6.07, 6.45) is 50.0. The molecule has 0 rings (SSSR count). The zero-order chi connectivity index (χ0) is 30.1. The normalized spacial score (nSPS) is 12.1. The zero-order valence-electron chi connectivity index (χ0n) is 30.1. The van der Waals surface area contributed by atoms with Crippen molar-refractivity contribution >= 4 is 0 Å². The monoisotopic (exact) mass is 577 g/mol. The zero-order valence-corrected chi connectivity index (χ0v) is 30.1. The minimum Gasteiger partial charge on any atom is -0.0654 e. The van der Waals surface area contributed by atoms with Crippen molar-refractivity contribution in [3.05, 3.63) is 0 Å². The molecular weight excluding hydrogens is 492 g/mol. The molecule has 0 heterocycles. The summed E-state index contributed by atoms with van der Waals surface area (Å²) in [5.74, 6) is 0.931. The van der Waals surface area contributed by atoms with E-state index in [0.29, 0.717) is 5.41 Å². The molecule has 0 N–H and O–H groups in total. The van der Waals surface area contributed by atoms with E-state index >= 15 is 0 Å². The van der Waals surface area contributed by atoms with E-state index in [1.54, 1.807) is 0 Å². The van der Waals surface area contributed by atoms with Gasteiger partial charge in [-0.05, 0) is 24.2 Å². The fraction of sp³-hybridized carbons (Fsp3) is 1.00. The third-order valence-electron chi connectivity index (χ3n) is 10.0. The molecule has 0 nitrogen and oxygen atoms in total. The molecule has 0 aromatic carbocycles. The van der Waals surface area contributed by atoms with Gasteiger partial charge in [-0.2, -0.15) is 0 Å². The van der Waals surface area contributed by atoms with Gasteiger partial charge in [0.1, 0.15) is 0 Å². The molecule has 41 heavy (non-hydrogen) atoms. The Labute approximate surface area is 263 Å². The second-order valence-corrected chi connectivity index (χ2v) is 15.2. The molecule has 0 saturated carbocycles. The van der Waals surface area contributed by atoms with Crippen molar-refractivity contribution in [2.75, 3.05) is 0 Å². The fourth-order valence-electron chi connectivity index (χ4n) is 6.89. The van der Waals surface area contributed by atoms with Crippen molar-refractivity contribution in [1.29, 1.82) is 0 Å². The Morgan fingerprint density at radius 3 is 0.610 bits per heavy atom. The molecule has 0 fully saturated rings. The van der Waals surface area contributed by atoms with Crippen molar-refractivity contribution in [2.24, 2.45) is 11.3 Å². The van der Waals surface area contributed by atoms with E-state index < -0.39 is 0 Å². The molecule has 0 heteroatoms. The lowest BCUT2D eigenvalue weighted by Crippen LogP contribution is -2.20. The van der Waals surface area contributed by atoms with Crippen molar-refractivity contribution in [1.82, 2.24) is 0 Å². The van der Waals surface area contributed by atoms with Crippen molar-refractivity contribution in [3.63, 3.8) is 0 Å². The van der Waals surface area contributed by atoms with Gasteiger partial charge >= 0.3 is 0 Å². The molecule has 0 aromatic rings. The first-order valence-corrected chi connectivity index (χ1v) is 20.0. The maximum Gasteiger partial charge on any atom is -0.0354 e. The number of unbranched alkanes of at least 4 members (excludes halogenated alkanes) is 30. The first kappa shape index (κ1) is 41.0. The lowest BCUT2D eigenvalue weighted by Gasteiger charge is -2.31. The standard InChI is InChI=1S/C41H84/c1-6-8-10-12-14-16-18-20-22-24-26-28-30-32-34-36-38-40(41(3,4)5)39-37-35-33-31-29-27-25-23-21-19-17-15-13-11-9-7-2/h40H,6-39H2,1-5H3. The smallest absolute Gasteiger partial charge is 0.0354 e. The Bertz CT molecular complexity index is 421. The molecule has 0 saturated heterocycles. The van der Waals surface area contributed by atoms with Gasteiger partial charge in [-0.15, -0.1) is 0 Å². The average Bonchev–Trinajstić information content (AvgIpc) is 2.95. The minimum atomic E-state index is 0.491. The van der Waals surface area contributed by atoms with Gasteiger partial charge in [0, 0.05) is 0 Å². The van der Waals surface area contributed by atoms with Crippen LogP contribution in [0, 0.1) is 11.3 Å². The molecule has 0 aromatic heterocycles. The van der Waals surface area contributed by atoms with Gasteiger partial charge < -0.3 is 0 Å². The van der Waals surface area contributed by atoms with Gasteiger partial charge in [0.15, 0.2) is 0 Å². The van der Waals surface area contributed by atoms with Crippen LogP contribution in [0.5, 0.6) is 0 Å². The van der Waals surface area contributed by atoms with Gasteiger partial charge in [-0.25, -0.2) is 0 Å². The highest BCUT2D eigenvalue weighted by Gasteiger charge is 2.23. The van der Waals surface area contributed by atoms with Gasteiger partial charge in [0.2, 0.25) is 0 Å². The fourth-order valence-corrected chi connectivity index (χ4v) is 6.89. The largest absolute Gasteiger partial charge is 0.0654 e. The van der Waals surface area contributed by atoms with Crippen LogP contribution in [0.15, 0.2) is 0 Å². The van der Waals surface area contributed by atoms with Gasteiger partial charge in [0.25, 0.3) is 0 Å². The summed E-state index contributed by atoms with van der Waals surface area (Å²) < 4.78 is 0. The lowest BCUT2D eigenvalue weighted by molar-refractivity contribution is 0.201. The van der Waals surface area contributed by atoms with E-state index in [4.69, 9.17) is 0 Å². The molecule has 0 amide bonds. The van der Waals surface area contributed by atoms with Crippen LogP contribution in [0.2, 0.25) is 0 Å². The Balaban J connectivity index is 3.49.